The molecule has 3 rings (SSSR count). The molecule has 1 aliphatic rings. The Morgan fingerprint density at radius 2 is 1.84 bits per heavy atom. The van der Waals surface area contributed by atoms with Crippen molar-refractivity contribution >= 4 is 41.4 Å². The maximum Gasteiger partial charge on any atom is 0.408 e. The van der Waals surface area contributed by atoms with Crippen LogP contribution in [0.5, 0.6) is 0 Å². The zero-order chi connectivity index (χ0) is 27.5. The normalized spacial score (nSPS) is 17.1. The maximum absolute atomic E-state index is 13.2. The van der Waals surface area contributed by atoms with Gasteiger partial charge in [-0.1, -0.05) is 50.2 Å². The molecule has 204 valence electrons. The van der Waals surface area contributed by atoms with Crippen LogP contribution in [0.3, 0.4) is 0 Å². The topological polar surface area (TPSA) is 143 Å². The van der Waals surface area contributed by atoms with E-state index in [1.807, 2.05) is 47.8 Å². The van der Waals surface area contributed by atoms with E-state index in [-0.39, 0.29) is 37.2 Å². The summed E-state index contributed by atoms with van der Waals surface area (Å²) in [6.45, 7) is 4.13. The molecule has 4 N–H and O–H groups in total. The van der Waals surface area contributed by atoms with Crippen molar-refractivity contribution in [1.29, 1.82) is 0 Å². The first-order chi connectivity index (χ1) is 18.3. The van der Waals surface area contributed by atoms with Crippen LogP contribution >= 0.6 is 11.3 Å². The molecule has 0 unspecified atom stereocenters. The van der Waals surface area contributed by atoms with Crippen molar-refractivity contribution in [3.8, 4) is 0 Å². The third-order valence-corrected chi connectivity index (χ3v) is 7.15. The average Bonchev–Trinajstić information content (AvgIpc) is 3.57. The number of carbonyl (C=O) groups excluding carboxylic acids is 5. The number of alkyl carbamates (subject to hydrolysis) is 1. The van der Waals surface area contributed by atoms with Gasteiger partial charge >= 0.3 is 6.09 Å². The average molecular weight is 543 g/mol. The first-order valence-corrected chi connectivity index (χ1v) is 13.5. The Kier molecular flexibility index (Phi) is 10.8. The fourth-order valence-corrected chi connectivity index (χ4v) is 4.89. The van der Waals surface area contributed by atoms with Crippen molar-refractivity contribution in [3.63, 3.8) is 0 Å². The standard InChI is InChI=1S/C27H34N4O6S/c1-17(2)23(31-27(36)37-16-18-7-4-3-5-8-18)26(35)30-22(14-21-9-6-12-38-21)25(34)29-20(15-32)13-19-10-11-28-24(19)33/h3-9,12,15,17,19-20,22-23H,10-11,13-14,16H2,1-2H3,(H,28,33)(H,29,34)(H,30,35)(H,31,36)/t19-,20-,22-,23-/m0/s1. The van der Waals surface area contributed by atoms with Crippen molar-refractivity contribution in [3.05, 3.63) is 58.3 Å². The van der Waals surface area contributed by atoms with Gasteiger partial charge in [-0.05, 0) is 35.8 Å². The van der Waals surface area contributed by atoms with Crippen LogP contribution in [0.4, 0.5) is 4.79 Å². The molecule has 0 saturated carbocycles. The van der Waals surface area contributed by atoms with Crippen molar-refractivity contribution < 1.29 is 28.7 Å². The minimum absolute atomic E-state index is 0.0502. The van der Waals surface area contributed by atoms with E-state index in [0.717, 1.165) is 10.4 Å². The van der Waals surface area contributed by atoms with Crippen molar-refractivity contribution in [1.82, 2.24) is 21.3 Å². The summed E-state index contributed by atoms with van der Waals surface area (Å²) < 4.78 is 5.26. The smallest absolute Gasteiger partial charge is 0.408 e. The fourth-order valence-electron chi connectivity index (χ4n) is 4.14. The Labute approximate surface area is 225 Å². The number of benzene rings is 1. The molecule has 0 spiro atoms. The van der Waals surface area contributed by atoms with Crippen molar-refractivity contribution in [2.45, 2.75) is 57.8 Å². The van der Waals surface area contributed by atoms with Crippen LogP contribution in [0.15, 0.2) is 47.8 Å². The zero-order valence-electron chi connectivity index (χ0n) is 21.5. The molecule has 1 aliphatic heterocycles. The highest BCUT2D eigenvalue weighted by Gasteiger charge is 2.32. The summed E-state index contributed by atoms with van der Waals surface area (Å²) in [7, 11) is 0. The van der Waals surface area contributed by atoms with Gasteiger partial charge in [-0.2, -0.15) is 0 Å². The molecule has 1 fully saturated rings. The van der Waals surface area contributed by atoms with Crippen molar-refractivity contribution in [2.75, 3.05) is 6.54 Å². The molecule has 2 heterocycles. The molecule has 11 heteroatoms. The second-order valence-corrected chi connectivity index (χ2v) is 10.6. The summed E-state index contributed by atoms with van der Waals surface area (Å²) in [6.07, 6.45) is 0.835. The summed E-state index contributed by atoms with van der Waals surface area (Å²) in [5.74, 6) is -1.89. The molecule has 4 amide bonds. The maximum atomic E-state index is 13.2. The predicted molar refractivity (Wildman–Crippen MR) is 142 cm³/mol. The molecule has 4 atom stereocenters. The minimum atomic E-state index is -0.996. The van der Waals surface area contributed by atoms with Crippen LogP contribution in [0.1, 0.15) is 37.1 Å². The fraction of sp³-hybridized carbons (Fsp3) is 0.444. The highest BCUT2D eigenvalue weighted by atomic mass is 32.1. The lowest BCUT2D eigenvalue weighted by atomic mass is 9.98. The Bertz CT molecular complexity index is 1090. The van der Waals surface area contributed by atoms with E-state index in [2.05, 4.69) is 21.3 Å². The minimum Gasteiger partial charge on any atom is -0.445 e. The predicted octanol–water partition coefficient (Wildman–Crippen LogP) is 1.94. The van der Waals surface area contributed by atoms with E-state index < -0.39 is 36.0 Å². The molecule has 38 heavy (non-hydrogen) atoms. The van der Waals surface area contributed by atoms with Gasteiger partial charge in [0.25, 0.3) is 0 Å². The lowest BCUT2D eigenvalue weighted by Crippen LogP contribution is -2.57. The molecular formula is C27H34N4O6S. The molecular weight excluding hydrogens is 508 g/mol. The highest BCUT2D eigenvalue weighted by Crippen LogP contribution is 2.16. The van der Waals surface area contributed by atoms with E-state index in [9.17, 15) is 24.0 Å². The molecule has 0 bridgehead atoms. The first kappa shape index (κ1) is 28.8. The van der Waals surface area contributed by atoms with E-state index in [1.165, 1.54) is 11.3 Å². The van der Waals surface area contributed by atoms with Crippen LogP contribution in [-0.4, -0.2) is 54.8 Å². The number of amides is 4. The lowest BCUT2D eigenvalue weighted by molar-refractivity contribution is -0.131. The molecule has 0 radical (unpaired) electrons. The first-order valence-electron chi connectivity index (χ1n) is 12.6. The summed E-state index contributed by atoms with van der Waals surface area (Å²) in [5.41, 5.74) is 0.806. The monoisotopic (exact) mass is 542 g/mol. The Balaban J connectivity index is 1.64. The SMILES string of the molecule is CC(C)[C@H](NC(=O)OCc1ccccc1)C(=O)N[C@@H](Cc1cccs1)C(=O)N[C@H](C=O)C[C@@H]1CCNC1=O. The van der Waals surface area contributed by atoms with Gasteiger partial charge in [-0.25, -0.2) is 4.79 Å². The van der Waals surface area contributed by atoms with Gasteiger partial charge in [0.2, 0.25) is 17.7 Å². The summed E-state index contributed by atoms with van der Waals surface area (Å²) in [6, 6.07) is 10.0. The van der Waals surface area contributed by atoms with E-state index in [4.69, 9.17) is 4.74 Å². The number of hydrogen-bond acceptors (Lipinski definition) is 7. The lowest BCUT2D eigenvalue weighted by Gasteiger charge is -2.26. The number of carbonyl (C=O) groups is 5. The van der Waals surface area contributed by atoms with Crippen LogP contribution in [-0.2, 0) is 36.9 Å². The van der Waals surface area contributed by atoms with E-state index >= 15 is 0 Å². The van der Waals surface area contributed by atoms with Crippen LogP contribution in [0.25, 0.3) is 0 Å². The molecule has 1 aromatic heterocycles. The Morgan fingerprint density at radius 1 is 1.08 bits per heavy atom. The third kappa shape index (κ3) is 8.69. The summed E-state index contributed by atoms with van der Waals surface area (Å²) in [4.78, 5) is 63.3. The second-order valence-electron chi connectivity index (χ2n) is 9.54. The molecule has 10 nitrogen and oxygen atoms in total. The van der Waals surface area contributed by atoms with Gasteiger partial charge in [-0.15, -0.1) is 11.3 Å². The number of hydrogen-bond donors (Lipinski definition) is 4. The van der Waals surface area contributed by atoms with Gasteiger partial charge in [0.05, 0.1) is 6.04 Å². The highest BCUT2D eigenvalue weighted by molar-refractivity contribution is 7.09. The van der Waals surface area contributed by atoms with Gasteiger partial charge in [-0.3, -0.25) is 14.4 Å². The number of nitrogens with one attached hydrogen (secondary N) is 4. The summed E-state index contributed by atoms with van der Waals surface area (Å²) >= 11 is 1.43. The van der Waals surface area contributed by atoms with E-state index in [1.54, 1.807) is 13.8 Å². The number of aldehydes is 1. The third-order valence-electron chi connectivity index (χ3n) is 6.25. The van der Waals surface area contributed by atoms with Gasteiger partial charge in [0, 0.05) is 23.8 Å². The zero-order valence-corrected chi connectivity index (χ0v) is 22.3. The molecule has 0 aliphatic carbocycles. The van der Waals surface area contributed by atoms with Gasteiger partial charge < -0.3 is 30.8 Å². The molecule has 2 aromatic rings. The molecule has 1 aromatic carbocycles. The quantitative estimate of drug-likeness (QED) is 0.285. The van der Waals surface area contributed by atoms with E-state index in [0.29, 0.717) is 19.3 Å². The molecule has 1 saturated heterocycles. The number of rotatable bonds is 13. The van der Waals surface area contributed by atoms with Crippen LogP contribution in [0.2, 0.25) is 0 Å². The van der Waals surface area contributed by atoms with Crippen molar-refractivity contribution in [2.24, 2.45) is 11.8 Å². The number of ether oxygens (including phenoxy) is 1. The Morgan fingerprint density at radius 3 is 2.45 bits per heavy atom. The number of thiophene rings is 1. The summed E-state index contributed by atoms with van der Waals surface area (Å²) in [5, 5.41) is 12.6. The van der Waals surface area contributed by atoms with Gasteiger partial charge in [0.1, 0.15) is 25.0 Å². The van der Waals surface area contributed by atoms with Crippen LogP contribution in [0, 0.1) is 11.8 Å². The van der Waals surface area contributed by atoms with Gasteiger partial charge in [0.15, 0.2) is 0 Å². The largest absolute Gasteiger partial charge is 0.445 e. The Hall–Kier alpha value is -3.73. The van der Waals surface area contributed by atoms with Crippen LogP contribution < -0.4 is 21.3 Å². The second kappa shape index (κ2) is 14.3.